The molecule has 0 bridgehead atoms. The van der Waals surface area contributed by atoms with E-state index in [-0.39, 0.29) is 5.41 Å². The lowest BCUT2D eigenvalue weighted by atomic mass is 9.91. The molecule has 2 nitrogen and oxygen atoms in total. The summed E-state index contributed by atoms with van der Waals surface area (Å²) in [5.74, 6) is 0.600. The summed E-state index contributed by atoms with van der Waals surface area (Å²) in [6.45, 7) is 4.51. The molecule has 1 aromatic carbocycles. The summed E-state index contributed by atoms with van der Waals surface area (Å²) in [6, 6.07) is 3.32. The van der Waals surface area contributed by atoms with Gasteiger partial charge in [0.2, 0.25) is 0 Å². The average Bonchev–Trinajstić information content (AvgIpc) is 2.38. The van der Waals surface area contributed by atoms with Gasteiger partial charge in [0.05, 0.1) is 16.7 Å². The molecule has 0 aliphatic carbocycles. The van der Waals surface area contributed by atoms with E-state index in [0.29, 0.717) is 33.5 Å². The molecule has 90 valence electrons. The quantitative estimate of drug-likeness (QED) is 0.722. The molecule has 0 fully saturated rings. The zero-order valence-corrected chi connectivity index (χ0v) is 11.1. The van der Waals surface area contributed by atoms with Crippen LogP contribution in [0.15, 0.2) is 18.2 Å². The van der Waals surface area contributed by atoms with Crippen LogP contribution in [0.5, 0.6) is 5.75 Å². The minimum atomic E-state index is -0.200. The summed E-state index contributed by atoms with van der Waals surface area (Å²) in [7, 11) is 0. The largest absolute Gasteiger partial charge is 0.492 e. The van der Waals surface area contributed by atoms with Crippen LogP contribution >= 0.6 is 23.2 Å². The maximum absolute atomic E-state index is 11.2. The van der Waals surface area contributed by atoms with E-state index in [0.717, 1.165) is 6.29 Å². The highest BCUT2D eigenvalue weighted by molar-refractivity contribution is 6.42. The maximum Gasteiger partial charge on any atom is 0.150 e. The van der Waals surface area contributed by atoms with Gasteiger partial charge in [-0.25, -0.2) is 0 Å². The third-order valence-corrected chi connectivity index (χ3v) is 3.33. The highest BCUT2D eigenvalue weighted by atomic mass is 35.5. The number of aldehydes is 1. The lowest BCUT2D eigenvalue weighted by molar-refractivity contribution is -0.103. The van der Waals surface area contributed by atoms with E-state index in [9.17, 15) is 4.79 Å². The molecule has 4 heteroatoms. The van der Waals surface area contributed by atoms with Crippen molar-refractivity contribution in [2.75, 3.05) is 6.61 Å². The highest BCUT2D eigenvalue weighted by Crippen LogP contribution is 2.38. The normalized spacial score (nSPS) is 17.5. The van der Waals surface area contributed by atoms with Gasteiger partial charge in [0.1, 0.15) is 12.0 Å². The number of ether oxygens (including phenoxy) is 1. The summed E-state index contributed by atoms with van der Waals surface area (Å²) < 4.78 is 5.68. The number of rotatable bonds is 1. The fourth-order valence-electron chi connectivity index (χ4n) is 1.78. The zero-order chi connectivity index (χ0) is 12.6. The van der Waals surface area contributed by atoms with Crippen LogP contribution in [0.1, 0.15) is 19.4 Å². The third kappa shape index (κ3) is 2.48. The molecule has 1 aliphatic heterocycles. The number of halogens is 2. The molecule has 2 rings (SSSR count). The summed E-state index contributed by atoms with van der Waals surface area (Å²) in [6.07, 6.45) is 2.72. The number of carbonyl (C=O) groups excluding carboxylic acids is 1. The second-order valence-corrected chi connectivity index (χ2v) is 5.57. The van der Waals surface area contributed by atoms with Crippen molar-refractivity contribution in [2.45, 2.75) is 13.8 Å². The molecule has 0 saturated carbocycles. The van der Waals surface area contributed by atoms with Crippen LogP contribution in [0, 0.1) is 5.41 Å². The Morgan fingerprint density at radius 2 is 1.94 bits per heavy atom. The highest BCUT2D eigenvalue weighted by Gasteiger charge is 2.24. The van der Waals surface area contributed by atoms with Gasteiger partial charge in [-0.2, -0.15) is 0 Å². The first-order valence-electron chi connectivity index (χ1n) is 5.23. The predicted molar refractivity (Wildman–Crippen MR) is 69.8 cm³/mol. The molecule has 0 unspecified atom stereocenters. The van der Waals surface area contributed by atoms with Crippen LogP contribution in [0.2, 0.25) is 10.0 Å². The molecule has 0 radical (unpaired) electrons. The van der Waals surface area contributed by atoms with Crippen molar-refractivity contribution in [3.05, 3.63) is 33.8 Å². The average molecular weight is 271 g/mol. The third-order valence-electron chi connectivity index (χ3n) is 2.61. The Morgan fingerprint density at radius 3 is 2.59 bits per heavy atom. The second-order valence-electron chi connectivity index (χ2n) is 4.76. The summed E-state index contributed by atoms with van der Waals surface area (Å²) in [4.78, 5) is 11.2. The summed E-state index contributed by atoms with van der Waals surface area (Å²) in [5, 5.41) is 0.844. The van der Waals surface area contributed by atoms with Crippen molar-refractivity contribution in [1.82, 2.24) is 0 Å². The van der Waals surface area contributed by atoms with E-state index >= 15 is 0 Å². The van der Waals surface area contributed by atoms with Crippen LogP contribution in [-0.2, 0) is 4.79 Å². The summed E-state index contributed by atoms with van der Waals surface area (Å²) >= 11 is 11.9. The smallest absolute Gasteiger partial charge is 0.150 e. The fraction of sp³-hybridized carbons (Fsp3) is 0.308. The van der Waals surface area contributed by atoms with Crippen LogP contribution in [0.25, 0.3) is 5.57 Å². The van der Waals surface area contributed by atoms with Crippen molar-refractivity contribution in [3.63, 3.8) is 0 Å². The SMILES string of the molecule is CC1(C)C=C(C=O)c2cc(Cl)c(Cl)cc2OC1. The molecular formula is C13H12Cl2O2. The van der Waals surface area contributed by atoms with Gasteiger partial charge in [0.15, 0.2) is 0 Å². The van der Waals surface area contributed by atoms with Crippen molar-refractivity contribution >= 4 is 35.1 Å². The molecule has 1 aromatic rings. The Hall–Kier alpha value is -0.990. The topological polar surface area (TPSA) is 26.3 Å². The van der Waals surface area contributed by atoms with Crippen LogP contribution in [0.3, 0.4) is 0 Å². The molecule has 0 amide bonds. The van der Waals surface area contributed by atoms with Gasteiger partial charge >= 0.3 is 0 Å². The van der Waals surface area contributed by atoms with Gasteiger partial charge in [-0.1, -0.05) is 43.1 Å². The molecule has 0 saturated heterocycles. The minimum absolute atomic E-state index is 0.200. The van der Waals surface area contributed by atoms with E-state index in [1.165, 1.54) is 0 Å². The van der Waals surface area contributed by atoms with E-state index < -0.39 is 0 Å². The predicted octanol–water partition coefficient (Wildman–Crippen LogP) is 3.99. The van der Waals surface area contributed by atoms with Crippen LogP contribution in [-0.4, -0.2) is 12.9 Å². The molecule has 1 heterocycles. The van der Waals surface area contributed by atoms with Gasteiger partial charge in [0, 0.05) is 22.6 Å². The summed E-state index contributed by atoms with van der Waals surface area (Å²) in [5.41, 5.74) is 1.08. The van der Waals surface area contributed by atoms with Gasteiger partial charge in [-0.05, 0) is 6.07 Å². The van der Waals surface area contributed by atoms with E-state index in [1.807, 2.05) is 19.9 Å². The molecule has 0 aromatic heterocycles. The molecular weight excluding hydrogens is 259 g/mol. The Kier molecular flexibility index (Phi) is 3.19. The van der Waals surface area contributed by atoms with Crippen LogP contribution in [0.4, 0.5) is 0 Å². The molecule has 0 N–H and O–H groups in total. The minimum Gasteiger partial charge on any atom is -0.492 e. The number of carbonyl (C=O) groups is 1. The van der Waals surface area contributed by atoms with Crippen molar-refractivity contribution < 1.29 is 9.53 Å². The molecule has 1 aliphatic rings. The molecule has 0 atom stereocenters. The van der Waals surface area contributed by atoms with Gasteiger partial charge in [-0.15, -0.1) is 0 Å². The number of allylic oxidation sites excluding steroid dienone is 1. The lowest BCUT2D eigenvalue weighted by Crippen LogP contribution is -2.17. The van der Waals surface area contributed by atoms with E-state index in [4.69, 9.17) is 27.9 Å². The monoisotopic (exact) mass is 270 g/mol. The Morgan fingerprint density at radius 1 is 1.29 bits per heavy atom. The standard InChI is InChI=1S/C13H12Cl2O2/c1-13(2)5-8(6-16)9-3-10(14)11(15)4-12(9)17-7-13/h3-6H,7H2,1-2H3. The Balaban J connectivity index is 2.63. The van der Waals surface area contributed by atoms with Gasteiger partial charge in [-0.3, -0.25) is 4.79 Å². The Labute approximate surface area is 110 Å². The van der Waals surface area contributed by atoms with Crippen LogP contribution < -0.4 is 4.74 Å². The second kappa shape index (κ2) is 4.35. The first kappa shape index (κ1) is 12.5. The number of fused-ring (bicyclic) bond motifs is 1. The van der Waals surface area contributed by atoms with Crippen molar-refractivity contribution in [3.8, 4) is 5.75 Å². The van der Waals surface area contributed by atoms with Gasteiger partial charge in [0.25, 0.3) is 0 Å². The van der Waals surface area contributed by atoms with Crippen molar-refractivity contribution in [1.29, 1.82) is 0 Å². The lowest BCUT2D eigenvalue weighted by Gasteiger charge is -2.18. The number of benzene rings is 1. The first-order valence-corrected chi connectivity index (χ1v) is 5.99. The van der Waals surface area contributed by atoms with E-state index in [1.54, 1.807) is 12.1 Å². The van der Waals surface area contributed by atoms with Crippen molar-refractivity contribution in [2.24, 2.45) is 5.41 Å². The Bertz CT molecular complexity index is 504. The number of hydrogen-bond donors (Lipinski definition) is 0. The molecule has 0 spiro atoms. The zero-order valence-electron chi connectivity index (χ0n) is 9.59. The maximum atomic E-state index is 11.2. The van der Waals surface area contributed by atoms with E-state index in [2.05, 4.69) is 0 Å². The number of hydrogen-bond acceptors (Lipinski definition) is 2. The first-order chi connectivity index (χ1) is 7.93. The molecule has 17 heavy (non-hydrogen) atoms. The van der Waals surface area contributed by atoms with Gasteiger partial charge < -0.3 is 4.74 Å². The fourth-order valence-corrected chi connectivity index (χ4v) is 2.09.